The molecule has 1 atom stereocenters. The van der Waals surface area contributed by atoms with Crippen LogP contribution in [0.5, 0.6) is 0 Å². The van der Waals surface area contributed by atoms with Gasteiger partial charge in [0.25, 0.3) is 5.56 Å². The molecular weight excluding hydrogens is 374 g/mol. The fraction of sp³-hybridized carbons (Fsp3) is 0.588. The smallest absolute Gasteiger partial charge is 0.262 e. The van der Waals surface area contributed by atoms with Gasteiger partial charge in [-0.1, -0.05) is 0 Å². The maximum atomic E-state index is 12.9. The average Bonchev–Trinajstić information content (AvgIpc) is 3.25. The number of carbonyl (C=O) groups excluding carboxylic acids is 1. The number of carbonyl (C=O) groups is 1. The van der Waals surface area contributed by atoms with Gasteiger partial charge in [0, 0.05) is 17.5 Å². The fourth-order valence-corrected chi connectivity index (χ4v) is 6.98. The first-order chi connectivity index (χ1) is 12.4. The Morgan fingerprint density at radius 3 is 2.92 bits per heavy atom. The molecule has 1 fully saturated rings. The van der Waals surface area contributed by atoms with Gasteiger partial charge in [0.2, 0.25) is 5.91 Å². The number of aromatic nitrogens is 2. The zero-order valence-electron chi connectivity index (χ0n) is 14.6. The second kappa shape index (κ2) is 6.45. The molecule has 0 unspecified atom stereocenters. The lowest BCUT2D eigenvalue weighted by atomic mass is 10.2. The summed E-state index contributed by atoms with van der Waals surface area (Å²) in [4.78, 5) is 33.6. The molecular formula is C17H21N3O4S2. The van der Waals surface area contributed by atoms with Crippen LogP contribution in [0.2, 0.25) is 0 Å². The molecule has 140 valence electrons. The second-order valence-electron chi connectivity index (χ2n) is 6.95. The van der Waals surface area contributed by atoms with E-state index in [2.05, 4.69) is 4.98 Å². The van der Waals surface area contributed by atoms with Crippen molar-refractivity contribution in [3.8, 4) is 0 Å². The summed E-state index contributed by atoms with van der Waals surface area (Å²) in [7, 11) is -3.07. The van der Waals surface area contributed by atoms with Crippen LogP contribution in [0.1, 0.15) is 30.2 Å². The van der Waals surface area contributed by atoms with Crippen LogP contribution >= 0.6 is 11.3 Å². The third-order valence-electron chi connectivity index (χ3n) is 5.31. The highest BCUT2D eigenvalue weighted by Crippen LogP contribution is 2.34. The van der Waals surface area contributed by atoms with Gasteiger partial charge in [-0.15, -0.1) is 11.3 Å². The molecule has 2 aromatic heterocycles. The van der Waals surface area contributed by atoms with Gasteiger partial charge in [-0.3, -0.25) is 14.2 Å². The van der Waals surface area contributed by atoms with E-state index in [1.54, 1.807) is 16.2 Å². The van der Waals surface area contributed by atoms with Crippen molar-refractivity contribution in [2.45, 2.75) is 45.2 Å². The van der Waals surface area contributed by atoms with E-state index < -0.39 is 9.84 Å². The molecule has 1 saturated heterocycles. The Hall–Kier alpha value is -1.74. The summed E-state index contributed by atoms with van der Waals surface area (Å²) in [5.41, 5.74) is 0.927. The first-order valence-electron chi connectivity index (χ1n) is 8.89. The molecule has 26 heavy (non-hydrogen) atoms. The van der Waals surface area contributed by atoms with E-state index in [0.717, 1.165) is 29.7 Å². The first kappa shape index (κ1) is 17.7. The van der Waals surface area contributed by atoms with Crippen LogP contribution in [0.4, 0.5) is 0 Å². The Morgan fingerprint density at radius 1 is 1.42 bits per heavy atom. The van der Waals surface area contributed by atoms with E-state index in [-0.39, 0.29) is 35.6 Å². The summed E-state index contributed by atoms with van der Waals surface area (Å²) >= 11 is 1.57. The number of nitrogens with zero attached hydrogens (tertiary/aromatic N) is 3. The van der Waals surface area contributed by atoms with E-state index in [0.29, 0.717) is 18.4 Å². The SMILES string of the molecule is CCN(C(=O)Cn1cnc2sc3c(c2c1=O)CCC3)[C@H]1CCS(=O)(=O)C1. The highest BCUT2D eigenvalue weighted by molar-refractivity contribution is 7.91. The molecule has 0 radical (unpaired) electrons. The lowest BCUT2D eigenvalue weighted by molar-refractivity contribution is -0.133. The van der Waals surface area contributed by atoms with Gasteiger partial charge in [-0.25, -0.2) is 13.4 Å². The first-order valence-corrected chi connectivity index (χ1v) is 11.5. The fourth-order valence-electron chi connectivity index (χ4n) is 4.03. The van der Waals surface area contributed by atoms with Crippen molar-refractivity contribution in [2.75, 3.05) is 18.1 Å². The number of fused-ring (bicyclic) bond motifs is 3. The number of rotatable bonds is 4. The summed E-state index contributed by atoms with van der Waals surface area (Å²) in [5, 5.41) is 0.657. The van der Waals surface area contributed by atoms with Crippen molar-refractivity contribution in [3.05, 3.63) is 27.1 Å². The van der Waals surface area contributed by atoms with E-state index >= 15 is 0 Å². The summed E-state index contributed by atoms with van der Waals surface area (Å²) < 4.78 is 24.8. The van der Waals surface area contributed by atoms with E-state index in [1.807, 2.05) is 6.92 Å². The summed E-state index contributed by atoms with van der Waals surface area (Å²) in [5.74, 6) is -0.100. The number of likely N-dealkylation sites (N-methyl/N-ethyl adjacent to an activating group) is 1. The number of thiophene rings is 1. The number of amides is 1. The summed E-state index contributed by atoms with van der Waals surface area (Å²) in [6.45, 7) is 2.16. The highest BCUT2D eigenvalue weighted by Gasteiger charge is 2.34. The van der Waals surface area contributed by atoms with Crippen LogP contribution in [0.15, 0.2) is 11.1 Å². The molecule has 1 aliphatic carbocycles. The molecule has 2 aliphatic rings. The van der Waals surface area contributed by atoms with Crippen molar-refractivity contribution in [2.24, 2.45) is 0 Å². The van der Waals surface area contributed by atoms with Gasteiger partial charge < -0.3 is 4.90 Å². The van der Waals surface area contributed by atoms with Gasteiger partial charge in [-0.05, 0) is 38.2 Å². The van der Waals surface area contributed by atoms with Crippen LogP contribution in [0.25, 0.3) is 10.2 Å². The van der Waals surface area contributed by atoms with E-state index in [4.69, 9.17) is 0 Å². The molecule has 3 heterocycles. The van der Waals surface area contributed by atoms with Crippen molar-refractivity contribution in [3.63, 3.8) is 0 Å². The average molecular weight is 396 g/mol. The Bertz CT molecular complexity index is 1040. The van der Waals surface area contributed by atoms with E-state index in [9.17, 15) is 18.0 Å². The molecule has 1 aliphatic heterocycles. The second-order valence-corrected chi connectivity index (χ2v) is 10.3. The minimum Gasteiger partial charge on any atom is -0.337 e. The lowest BCUT2D eigenvalue weighted by Gasteiger charge is -2.27. The highest BCUT2D eigenvalue weighted by atomic mass is 32.2. The van der Waals surface area contributed by atoms with Gasteiger partial charge in [0.05, 0.1) is 23.2 Å². The van der Waals surface area contributed by atoms with Crippen LogP contribution in [0, 0.1) is 0 Å². The summed E-state index contributed by atoms with van der Waals surface area (Å²) in [6.07, 6.45) is 4.85. The van der Waals surface area contributed by atoms with Gasteiger partial charge >= 0.3 is 0 Å². The molecule has 0 saturated carbocycles. The van der Waals surface area contributed by atoms with E-state index in [1.165, 1.54) is 15.8 Å². The van der Waals surface area contributed by atoms with Gasteiger partial charge in [-0.2, -0.15) is 0 Å². The predicted molar refractivity (Wildman–Crippen MR) is 100 cm³/mol. The van der Waals surface area contributed by atoms with Crippen LogP contribution in [-0.4, -0.2) is 52.9 Å². The predicted octanol–water partition coefficient (Wildman–Crippen LogP) is 0.982. The summed E-state index contributed by atoms with van der Waals surface area (Å²) in [6, 6.07) is -0.296. The van der Waals surface area contributed by atoms with Crippen molar-refractivity contribution in [1.82, 2.24) is 14.5 Å². The lowest BCUT2D eigenvalue weighted by Crippen LogP contribution is -2.43. The molecule has 1 amide bonds. The standard InChI is InChI=1S/C17H21N3O4S2/c1-2-20(11-6-7-26(23,24)9-11)14(21)8-19-10-18-16-15(17(19)22)12-4-3-5-13(12)25-16/h10-11H,2-9H2,1H3/t11-/m0/s1. The Labute approximate surface area is 155 Å². The molecule has 7 nitrogen and oxygen atoms in total. The largest absolute Gasteiger partial charge is 0.337 e. The number of aryl methyl sites for hydroxylation is 2. The molecule has 2 aromatic rings. The van der Waals surface area contributed by atoms with Gasteiger partial charge in [0.1, 0.15) is 11.4 Å². The quantitative estimate of drug-likeness (QED) is 0.770. The molecule has 0 bridgehead atoms. The van der Waals surface area contributed by atoms with Crippen molar-refractivity contribution >= 4 is 37.3 Å². The van der Waals surface area contributed by atoms with Crippen molar-refractivity contribution < 1.29 is 13.2 Å². The zero-order valence-corrected chi connectivity index (χ0v) is 16.2. The number of hydrogen-bond donors (Lipinski definition) is 0. The Morgan fingerprint density at radius 2 is 2.23 bits per heavy atom. The van der Waals surface area contributed by atoms with Crippen LogP contribution < -0.4 is 5.56 Å². The minimum atomic E-state index is -3.07. The van der Waals surface area contributed by atoms with Crippen molar-refractivity contribution in [1.29, 1.82) is 0 Å². The molecule has 0 aromatic carbocycles. The molecule has 4 rings (SSSR count). The maximum absolute atomic E-state index is 12.9. The molecule has 0 spiro atoms. The monoisotopic (exact) mass is 395 g/mol. The number of sulfone groups is 1. The molecule has 9 heteroatoms. The third-order valence-corrected chi connectivity index (χ3v) is 8.26. The maximum Gasteiger partial charge on any atom is 0.262 e. The van der Waals surface area contributed by atoms with Crippen LogP contribution in [-0.2, 0) is 34.0 Å². The minimum absolute atomic E-state index is 0.0107. The third kappa shape index (κ3) is 2.96. The van der Waals surface area contributed by atoms with Gasteiger partial charge in [0.15, 0.2) is 9.84 Å². The Kier molecular flexibility index (Phi) is 4.38. The zero-order chi connectivity index (χ0) is 18.5. The Balaban J connectivity index is 1.61. The normalized spacial score (nSPS) is 21.2. The molecule has 0 N–H and O–H groups in total. The topological polar surface area (TPSA) is 89.3 Å². The number of hydrogen-bond acceptors (Lipinski definition) is 6. The van der Waals surface area contributed by atoms with Crippen LogP contribution in [0.3, 0.4) is 0 Å².